The Labute approximate surface area is 99.3 Å². The van der Waals surface area contributed by atoms with Crippen LogP contribution < -0.4 is 0 Å². The number of oxime groups is 1. The van der Waals surface area contributed by atoms with Gasteiger partial charge in [0.15, 0.2) is 5.84 Å². The molecular formula is C11H15N3O3. The summed E-state index contributed by atoms with van der Waals surface area (Å²) >= 11 is 0. The molecule has 0 saturated carbocycles. The number of hydrogen-bond acceptors (Lipinski definition) is 4. The van der Waals surface area contributed by atoms with E-state index in [1.54, 1.807) is 12.1 Å². The summed E-state index contributed by atoms with van der Waals surface area (Å²) in [5, 5.41) is 22.8. The van der Waals surface area contributed by atoms with Gasteiger partial charge in [0.05, 0.1) is 4.92 Å². The van der Waals surface area contributed by atoms with Crippen LogP contribution in [0.1, 0.15) is 19.4 Å². The zero-order valence-corrected chi connectivity index (χ0v) is 9.83. The van der Waals surface area contributed by atoms with Crippen molar-refractivity contribution in [3.63, 3.8) is 0 Å². The van der Waals surface area contributed by atoms with Crippen molar-refractivity contribution in [3.05, 3.63) is 39.9 Å². The summed E-state index contributed by atoms with van der Waals surface area (Å²) in [6, 6.07) is 5.94. The van der Waals surface area contributed by atoms with Gasteiger partial charge >= 0.3 is 0 Å². The predicted molar refractivity (Wildman–Crippen MR) is 64.3 cm³/mol. The Morgan fingerprint density at radius 2 is 1.88 bits per heavy atom. The maximum atomic E-state index is 10.5. The first-order valence-corrected chi connectivity index (χ1v) is 5.35. The number of nitro benzene ring substituents is 1. The van der Waals surface area contributed by atoms with Gasteiger partial charge in [-0.2, -0.15) is 0 Å². The third kappa shape index (κ3) is 2.93. The minimum Gasteiger partial charge on any atom is -0.409 e. The van der Waals surface area contributed by atoms with Crippen molar-refractivity contribution in [3.8, 4) is 0 Å². The molecule has 0 aliphatic carbocycles. The Balaban J connectivity index is 3.02. The summed E-state index contributed by atoms with van der Waals surface area (Å²) in [4.78, 5) is 11.9. The highest BCUT2D eigenvalue weighted by atomic mass is 16.6. The Bertz CT molecular complexity index is 410. The summed E-state index contributed by atoms with van der Waals surface area (Å²) in [6.07, 6.45) is 0. The van der Waals surface area contributed by atoms with E-state index in [0.29, 0.717) is 24.5 Å². The number of non-ortho nitro benzene ring substituents is 1. The number of rotatable bonds is 4. The highest BCUT2D eigenvalue weighted by Gasteiger charge is 2.12. The Hall–Kier alpha value is -2.11. The molecule has 0 unspecified atom stereocenters. The highest BCUT2D eigenvalue weighted by molar-refractivity contribution is 5.98. The maximum absolute atomic E-state index is 10.5. The summed E-state index contributed by atoms with van der Waals surface area (Å²) < 4.78 is 0. The van der Waals surface area contributed by atoms with E-state index in [9.17, 15) is 10.1 Å². The molecule has 0 spiro atoms. The molecule has 0 aromatic heterocycles. The van der Waals surface area contributed by atoms with E-state index in [2.05, 4.69) is 5.16 Å². The minimum atomic E-state index is -0.461. The van der Waals surface area contributed by atoms with Crippen molar-refractivity contribution in [1.29, 1.82) is 0 Å². The van der Waals surface area contributed by atoms with Crippen LogP contribution in [0.5, 0.6) is 0 Å². The van der Waals surface area contributed by atoms with E-state index in [1.807, 2.05) is 18.7 Å². The van der Waals surface area contributed by atoms with Crippen molar-refractivity contribution < 1.29 is 10.1 Å². The molecule has 1 aromatic carbocycles. The average Bonchev–Trinajstić information content (AvgIpc) is 2.36. The van der Waals surface area contributed by atoms with Gasteiger partial charge in [0.1, 0.15) is 0 Å². The Morgan fingerprint density at radius 3 is 2.24 bits per heavy atom. The molecule has 1 N–H and O–H groups in total. The van der Waals surface area contributed by atoms with Crippen molar-refractivity contribution in [2.45, 2.75) is 13.8 Å². The SMILES string of the molecule is CCN(CC)/C(=N/O)c1ccc([N+](=O)[O-])cc1. The first-order chi connectivity index (χ1) is 8.13. The van der Waals surface area contributed by atoms with Crippen molar-refractivity contribution in [2.24, 2.45) is 5.16 Å². The van der Waals surface area contributed by atoms with Gasteiger partial charge in [-0.05, 0) is 26.0 Å². The Kier molecular flexibility index (Phi) is 4.45. The van der Waals surface area contributed by atoms with Crippen LogP contribution in [0, 0.1) is 10.1 Å². The predicted octanol–water partition coefficient (Wildman–Crippen LogP) is 2.07. The van der Waals surface area contributed by atoms with Gasteiger partial charge in [0.2, 0.25) is 0 Å². The van der Waals surface area contributed by atoms with Crippen LogP contribution in [-0.4, -0.2) is 34.0 Å². The van der Waals surface area contributed by atoms with E-state index in [4.69, 9.17) is 5.21 Å². The zero-order chi connectivity index (χ0) is 12.8. The smallest absolute Gasteiger partial charge is 0.269 e. The molecule has 0 fully saturated rings. The fraction of sp³-hybridized carbons (Fsp3) is 0.364. The maximum Gasteiger partial charge on any atom is 0.269 e. The number of amidine groups is 1. The number of hydrogen-bond donors (Lipinski definition) is 1. The average molecular weight is 237 g/mol. The van der Waals surface area contributed by atoms with E-state index in [1.165, 1.54) is 12.1 Å². The normalized spacial score (nSPS) is 11.3. The molecule has 6 nitrogen and oxygen atoms in total. The largest absolute Gasteiger partial charge is 0.409 e. The molecule has 0 amide bonds. The van der Waals surface area contributed by atoms with E-state index in [-0.39, 0.29) is 5.69 Å². The van der Waals surface area contributed by atoms with Crippen molar-refractivity contribution in [2.75, 3.05) is 13.1 Å². The molecule has 6 heteroatoms. The van der Waals surface area contributed by atoms with Gasteiger partial charge in [0, 0.05) is 30.8 Å². The quantitative estimate of drug-likeness (QED) is 0.286. The molecular weight excluding hydrogens is 222 g/mol. The summed E-state index contributed by atoms with van der Waals surface area (Å²) in [5.41, 5.74) is 0.674. The van der Waals surface area contributed by atoms with Crippen LogP contribution in [0.25, 0.3) is 0 Å². The first kappa shape index (κ1) is 13.0. The lowest BCUT2D eigenvalue weighted by Crippen LogP contribution is -2.31. The van der Waals surface area contributed by atoms with E-state index < -0.39 is 4.92 Å². The van der Waals surface area contributed by atoms with Crippen LogP contribution in [0.2, 0.25) is 0 Å². The molecule has 0 atom stereocenters. The number of benzene rings is 1. The van der Waals surface area contributed by atoms with Gasteiger partial charge in [0.25, 0.3) is 5.69 Å². The molecule has 0 bridgehead atoms. The second-order valence-electron chi connectivity index (χ2n) is 3.40. The summed E-state index contributed by atoms with van der Waals surface area (Å²) in [7, 11) is 0. The second-order valence-corrected chi connectivity index (χ2v) is 3.40. The van der Waals surface area contributed by atoms with Gasteiger partial charge in [-0.1, -0.05) is 5.16 Å². The van der Waals surface area contributed by atoms with Crippen LogP contribution in [0.15, 0.2) is 29.4 Å². The molecule has 92 valence electrons. The minimum absolute atomic E-state index is 0.0191. The highest BCUT2D eigenvalue weighted by Crippen LogP contribution is 2.14. The lowest BCUT2D eigenvalue weighted by molar-refractivity contribution is -0.384. The molecule has 17 heavy (non-hydrogen) atoms. The molecule has 1 aromatic rings. The number of nitrogens with zero attached hydrogens (tertiary/aromatic N) is 3. The topological polar surface area (TPSA) is 79.0 Å². The molecule has 0 aliphatic rings. The van der Waals surface area contributed by atoms with Crippen molar-refractivity contribution >= 4 is 11.5 Å². The van der Waals surface area contributed by atoms with Gasteiger partial charge in [-0.25, -0.2) is 0 Å². The van der Waals surface area contributed by atoms with Gasteiger partial charge in [-0.3, -0.25) is 10.1 Å². The van der Waals surface area contributed by atoms with Crippen LogP contribution in [-0.2, 0) is 0 Å². The fourth-order valence-corrected chi connectivity index (χ4v) is 1.56. The second kappa shape index (κ2) is 5.83. The first-order valence-electron chi connectivity index (χ1n) is 5.35. The van der Waals surface area contributed by atoms with E-state index >= 15 is 0 Å². The van der Waals surface area contributed by atoms with Crippen LogP contribution >= 0.6 is 0 Å². The molecule has 1 rings (SSSR count). The zero-order valence-electron chi connectivity index (χ0n) is 9.83. The molecule has 0 radical (unpaired) electrons. The van der Waals surface area contributed by atoms with Crippen LogP contribution in [0.4, 0.5) is 5.69 Å². The third-order valence-electron chi connectivity index (χ3n) is 2.49. The summed E-state index contributed by atoms with van der Waals surface area (Å²) in [5.74, 6) is 0.421. The molecule has 0 aliphatic heterocycles. The van der Waals surface area contributed by atoms with Crippen LogP contribution in [0.3, 0.4) is 0 Å². The van der Waals surface area contributed by atoms with Gasteiger partial charge in [-0.15, -0.1) is 0 Å². The Morgan fingerprint density at radius 1 is 1.35 bits per heavy atom. The summed E-state index contributed by atoms with van der Waals surface area (Å²) in [6.45, 7) is 5.29. The monoisotopic (exact) mass is 237 g/mol. The molecule has 0 saturated heterocycles. The third-order valence-corrected chi connectivity index (χ3v) is 2.49. The molecule has 0 heterocycles. The van der Waals surface area contributed by atoms with Gasteiger partial charge < -0.3 is 10.1 Å². The number of nitro groups is 1. The van der Waals surface area contributed by atoms with Crippen molar-refractivity contribution in [1.82, 2.24) is 4.90 Å². The lowest BCUT2D eigenvalue weighted by Gasteiger charge is -2.21. The fourth-order valence-electron chi connectivity index (χ4n) is 1.56. The van der Waals surface area contributed by atoms with E-state index in [0.717, 1.165) is 0 Å². The lowest BCUT2D eigenvalue weighted by atomic mass is 10.1. The standard InChI is InChI=1S/C11H15N3O3/c1-3-13(4-2)11(12-15)9-5-7-10(8-6-9)14(16)17/h5-8,15H,3-4H2,1-2H3/b12-11+.